The summed E-state index contributed by atoms with van der Waals surface area (Å²) in [5, 5.41) is 6.94. The maximum Gasteiger partial charge on any atom is 0.225 e. The number of fused-ring (bicyclic) bond motifs is 1. The Morgan fingerprint density at radius 2 is 2.09 bits per heavy atom. The fourth-order valence-electron chi connectivity index (χ4n) is 3.35. The molecule has 0 aromatic heterocycles. The van der Waals surface area contributed by atoms with Gasteiger partial charge in [-0.05, 0) is 50.0 Å². The van der Waals surface area contributed by atoms with Crippen LogP contribution in [0.5, 0.6) is 0 Å². The van der Waals surface area contributed by atoms with E-state index in [4.69, 9.17) is 11.6 Å². The van der Waals surface area contributed by atoms with Crippen LogP contribution in [0.2, 0.25) is 5.02 Å². The molecule has 2 aliphatic heterocycles. The highest BCUT2D eigenvalue weighted by atomic mass is 35.5. The Kier molecular flexibility index (Phi) is 6.50. The molecule has 22 heavy (non-hydrogen) atoms. The number of piperidine rings is 1. The summed E-state index contributed by atoms with van der Waals surface area (Å²) >= 11 is 6.05. The first-order chi connectivity index (χ1) is 10.2. The van der Waals surface area contributed by atoms with Gasteiger partial charge in [-0.1, -0.05) is 23.7 Å². The Labute approximate surface area is 143 Å². The second kappa shape index (κ2) is 8.16. The normalized spacial score (nSPS) is 24.4. The van der Waals surface area contributed by atoms with E-state index in [9.17, 15) is 4.79 Å². The van der Waals surface area contributed by atoms with Crippen molar-refractivity contribution < 1.29 is 4.79 Å². The Bertz CT molecular complexity index is 512. The number of anilines is 1. The molecule has 2 fully saturated rings. The van der Waals surface area contributed by atoms with E-state index >= 15 is 0 Å². The Balaban J connectivity index is 0.00000176. The van der Waals surface area contributed by atoms with Crippen LogP contribution in [0.4, 0.5) is 5.69 Å². The average Bonchev–Trinajstić information content (AvgIpc) is 2.95. The van der Waals surface area contributed by atoms with E-state index in [0.29, 0.717) is 17.1 Å². The first kappa shape index (κ1) is 17.5. The Morgan fingerprint density at radius 3 is 2.91 bits per heavy atom. The molecule has 4 nitrogen and oxygen atoms in total. The van der Waals surface area contributed by atoms with Crippen molar-refractivity contribution in [3.05, 3.63) is 29.3 Å². The van der Waals surface area contributed by atoms with Gasteiger partial charge in [0.05, 0.1) is 10.7 Å². The summed E-state index contributed by atoms with van der Waals surface area (Å²) in [6, 6.07) is 7.35. The molecule has 2 heterocycles. The molecule has 2 atom stereocenters. The standard InChI is InChI=1S/C16H22ClN3O.ClH/c17-14-3-1-2-4-15(14)19-16(21)6-8-20-7-5-12-9-18-10-13(12)11-20;/h1-4,12-13,18H,5-11H2,(H,19,21);1H. The molecule has 2 N–H and O–H groups in total. The third-order valence-corrected chi connectivity index (χ3v) is 4.92. The number of rotatable bonds is 4. The van der Waals surface area contributed by atoms with Crippen LogP contribution >= 0.6 is 24.0 Å². The third kappa shape index (κ3) is 4.35. The van der Waals surface area contributed by atoms with Crippen LogP contribution in [0.3, 0.4) is 0 Å². The van der Waals surface area contributed by atoms with E-state index in [-0.39, 0.29) is 18.3 Å². The van der Waals surface area contributed by atoms with Gasteiger partial charge in [0.2, 0.25) is 5.91 Å². The largest absolute Gasteiger partial charge is 0.325 e. The van der Waals surface area contributed by atoms with Crippen LogP contribution in [-0.4, -0.2) is 43.5 Å². The molecule has 0 spiro atoms. The predicted molar refractivity (Wildman–Crippen MR) is 92.9 cm³/mol. The number of carbonyl (C=O) groups excluding carboxylic acids is 1. The van der Waals surface area contributed by atoms with Crippen molar-refractivity contribution in [2.24, 2.45) is 11.8 Å². The van der Waals surface area contributed by atoms with Crippen molar-refractivity contribution in [1.82, 2.24) is 10.2 Å². The highest BCUT2D eigenvalue weighted by Crippen LogP contribution is 2.26. The maximum absolute atomic E-state index is 12.0. The van der Waals surface area contributed by atoms with Crippen molar-refractivity contribution in [2.45, 2.75) is 12.8 Å². The lowest BCUT2D eigenvalue weighted by atomic mass is 9.89. The van der Waals surface area contributed by atoms with E-state index in [0.717, 1.165) is 38.0 Å². The fourth-order valence-corrected chi connectivity index (χ4v) is 3.53. The number of amides is 1. The van der Waals surface area contributed by atoms with E-state index in [1.165, 1.54) is 13.0 Å². The van der Waals surface area contributed by atoms with Gasteiger partial charge in [-0.15, -0.1) is 12.4 Å². The monoisotopic (exact) mass is 343 g/mol. The summed E-state index contributed by atoms with van der Waals surface area (Å²) in [5.74, 6) is 1.65. The number of carbonyl (C=O) groups is 1. The number of halogens is 2. The molecule has 2 unspecified atom stereocenters. The van der Waals surface area contributed by atoms with Gasteiger partial charge in [-0.25, -0.2) is 0 Å². The predicted octanol–water partition coefficient (Wildman–Crippen LogP) is 2.63. The van der Waals surface area contributed by atoms with E-state index in [1.807, 2.05) is 18.2 Å². The topological polar surface area (TPSA) is 44.4 Å². The van der Waals surface area contributed by atoms with Gasteiger partial charge in [-0.2, -0.15) is 0 Å². The molecule has 1 amide bonds. The molecule has 6 heteroatoms. The molecule has 0 radical (unpaired) electrons. The van der Waals surface area contributed by atoms with Gasteiger partial charge >= 0.3 is 0 Å². The van der Waals surface area contributed by atoms with Gasteiger partial charge in [0.1, 0.15) is 0 Å². The molecular weight excluding hydrogens is 321 g/mol. The summed E-state index contributed by atoms with van der Waals surface area (Å²) in [4.78, 5) is 14.4. The number of likely N-dealkylation sites (tertiary alicyclic amines) is 1. The molecule has 3 rings (SSSR count). The van der Waals surface area contributed by atoms with Gasteiger partial charge in [0.15, 0.2) is 0 Å². The van der Waals surface area contributed by atoms with Crippen molar-refractivity contribution in [2.75, 3.05) is 38.0 Å². The molecule has 1 aromatic rings. The molecule has 1 aromatic carbocycles. The SMILES string of the molecule is Cl.O=C(CCN1CCC2CNCC2C1)Nc1ccccc1Cl. The zero-order valence-corrected chi connectivity index (χ0v) is 14.1. The number of hydrogen-bond acceptors (Lipinski definition) is 3. The van der Waals surface area contributed by atoms with Crippen LogP contribution in [0.15, 0.2) is 24.3 Å². The highest BCUT2D eigenvalue weighted by Gasteiger charge is 2.32. The van der Waals surface area contributed by atoms with Crippen LogP contribution in [-0.2, 0) is 4.79 Å². The minimum Gasteiger partial charge on any atom is -0.325 e. The second-order valence-corrected chi connectivity index (χ2v) is 6.45. The lowest BCUT2D eigenvalue weighted by molar-refractivity contribution is -0.116. The van der Waals surface area contributed by atoms with Crippen LogP contribution in [0.1, 0.15) is 12.8 Å². The summed E-state index contributed by atoms with van der Waals surface area (Å²) in [6.07, 6.45) is 1.78. The van der Waals surface area contributed by atoms with Crippen molar-refractivity contribution >= 4 is 35.6 Å². The summed E-state index contributed by atoms with van der Waals surface area (Å²) < 4.78 is 0. The van der Waals surface area contributed by atoms with Gasteiger partial charge in [0.25, 0.3) is 0 Å². The van der Waals surface area contributed by atoms with E-state index in [1.54, 1.807) is 6.07 Å². The number of para-hydroxylation sites is 1. The number of nitrogens with one attached hydrogen (secondary N) is 2. The third-order valence-electron chi connectivity index (χ3n) is 4.59. The zero-order valence-electron chi connectivity index (χ0n) is 12.6. The number of hydrogen-bond donors (Lipinski definition) is 2. The molecule has 0 saturated carbocycles. The number of nitrogens with zero attached hydrogens (tertiary/aromatic N) is 1. The molecular formula is C16H23Cl2N3O. The van der Waals surface area contributed by atoms with Gasteiger partial charge in [-0.3, -0.25) is 4.79 Å². The molecule has 2 saturated heterocycles. The summed E-state index contributed by atoms with van der Waals surface area (Å²) in [5.41, 5.74) is 0.697. The number of benzene rings is 1. The van der Waals surface area contributed by atoms with Crippen molar-refractivity contribution in [3.63, 3.8) is 0 Å². The van der Waals surface area contributed by atoms with Crippen LogP contribution < -0.4 is 10.6 Å². The fraction of sp³-hybridized carbons (Fsp3) is 0.562. The lowest BCUT2D eigenvalue weighted by Gasteiger charge is -2.34. The van der Waals surface area contributed by atoms with Gasteiger partial charge in [0, 0.05) is 19.5 Å². The Hall–Kier alpha value is -0.810. The average molecular weight is 344 g/mol. The van der Waals surface area contributed by atoms with Crippen LogP contribution in [0.25, 0.3) is 0 Å². The molecule has 0 bridgehead atoms. The smallest absolute Gasteiger partial charge is 0.225 e. The maximum atomic E-state index is 12.0. The van der Waals surface area contributed by atoms with E-state index in [2.05, 4.69) is 15.5 Å². The first-order valence-electron chi connectivity index (χ1n) is 7.70. The van der Waals surface area contributed by atoms with Crippen molar-refractivity contribution in [3.8, 4) is 0 Å². The first-order valence-corrected chi connectivity index (χ1v) is 8.07. The molecule has 122 valence electrons. The van der Waals surface area contributed by atoms with Crippen molar-refractivity contribution in [1.29, 1.82) is 0 Å². The summed E-state index contributed by atoms with van der Waals surface area (Å²) in [6.45, 7) is 5.37. The minimum atomic E-state index is 0. The molecule has 0 aliphatic carbocycles. The summed E-state index contributed by atoms with van der Waals surface area (Å²) in [7, 11) is 0. The lowest BCUT2D eigenvalue weighted by Crippen LogP contribution is -2.41. The van der Waals surface area contributed by atoms with E-state index < -0.39 is 0 Å². The zero-order chi connectivity index (χ0) is 14.7. The Morgan fingerprint density at radius 1 is 1.32 bits per heavy atom. The quantitative estimate of drug-likeness (QED) is 0.883. The second-order valence-electron chi connectivity index (χ2n) is 6.05. The molecule has 2 aliphatic rings. The van der Waals surface area contributed by atoms with Gasteiger partial charge < -0.3 is 15.5 Å². The minimum absolute atomic E-state index is 0. The van der Waals surface area contributed by atoms with Crippen LogP contribution in [0, 0.1) is 11.8 Å². The highest BCUT2D eigenvalue weighted by molar-refractivity contribution is 6.33.